The number of nitrogens with zero attached hydrogens (tertiary/aromatic N) is 3. The first-order valence-corrected chi connectivity index (χ1v) is 9.56. The lowest BCUT2D eigenvalue weighted by Crippen LogP contribution is -2.40. The van der Waals surface area contributed by atoms with E-state index in [-0.39, 0.29) is 5.91 Å². The van der Waals surface area contributed by atoms with Crippen molar-refractivity contribution in [3.63, 3.8) is 0 Å². The zero-order chi connectivity index (χ0) is 18.5. The van der Waals surface area contributed by atoms with Crippen LogP contribution < -0.4 is 10.2 Å². The number of nitrogens with one attached hydrogen (secondary N) is 1. The number of carbonyl (C=O) groups excluding carboxylic acids is 1. The van der Waals surface area contributed by atoms with E-state index in [0.29, 0.717) is 41.7 Å². The number of carbonyl (C=O) groups is 2. The van der Waals surface area contributed by atoms with Crippen molar-refractivity contribution >= 4 is 35.1 Å². The fourth-order valence-corrected chi connectivity index (χ4v) is 3.28. The van der Waals surface area contributed by atoms with Gasteiger partial charge in [0.05, 0.1) is 5.92 Å². The van der Waals surface area contributed by atoms with Crippen molar-refractivity contribution in [2.75, 3.05) is 29.6 Å². The van der Waals surface area contributed by atoms with Crippen molar-refractivity contribution < 1.29 is 14.7 Å². The number of hydrogen-bond acceptors (Lipinski definition) is 6. The van der Waals surface area contributed by atoms with Gasteiger partial charge in [-0.2, -0.15) is 0 Å². The highest BCUT2D eigenvalue weighted by atomic mass is 32.2. The van der Waals surface area contributed by atoms with Gasteiger partial charge < -0.3 is 15.3 Å². The number of rotatable bonds is 5. The predicted octanol–water partition coefficient (Wildman–Crippen LogP) is 2.75. The van der Waals surface area contributed by atoms with Crippen LogP contribution in [0, 0.1) is 5.92 Å². The van der Waals surface area contributed by atoms with Gasteiger partial charge >= 0.3 is 5.97 Å². The maximum atomic E-state index is 12.8. The molecule has 8 heteroatoms. The zero-order valence-corrected chi connectivity index (χ0v) is 15.2. The average molecular weight is 372 g/mol. The number of thioether (sulfide) groups is 1. The molecule has 2 N–H and O–H groups in total. The minimum absolute atomic E-state index is 0.309. The molecule has 1 amide bonds. The third-order valence-electron chi connectivity index (χ3n) is 4.28. The fourth-order valence-electron chi connectivity index (χ4n) is 2.95. The highest BCUT2D eigenvalue weighted by Gasteiger charge is 2.29. The van der Waals surface area contributed by atoms with Crippen molar-refractivity contribution in [1.29, 1.82) is 0 Å². The van der Waals surface area contributed by atoms with Gasteiger partial charge in [0.15, 0.2) is 5.16 Å². The van der Waals surface area contributed by atoms with E-state index in [1.54, 1.807) is 12.1 Å². The molecule has 7 nitrogen and oxygen atoms in total. The summed E-state index contributed by atoms with van der Waals surface area (Å²) in [5, 5.41) is 12.7. The number of aliphatic carboxylic acids is 1. The Morgan fingerprint density at radius 2 is 2.08 bits per heavy atom. The summed E-state index contributed by atoms with van der Waals surface area (Å²) in [6, 6.07) is 9.15. The van der Waals surface area contributed by atoms with Crippen molar-refractivity contribution in [3.8, 4) is 0 Å². The summed E-state index contributed by atoms with van der Waals surface area (Å²) in [6.07, 6.45) is 4.75. The van der Waals surface area contributed by atoms with Crippen LogP contribution in [0.4, 0.5) is 11.5 Å². The van der Waals surface area contributed by atoms with Gasteiger partial charge in [-0.05, 0) is 31.2 Å². The highest BCUT2D eigenvalue weighted by Crippen LogP contribution is 2.27. The number of hydrogen-bond donors (Lipinski definition) is 2. The monoisotopic (exact) mass is 372 g/mol. The van der Waals surface area contributed by atoms with E-state index in [1.165, 1.54) is 18.0 Å². The van der Waals surface area contributed by atoms with E-state index in [1.807, 2.05) is 29.4 Å². The van der Waals surface area contributed by atoms with Gasteiger partial charge in [-0.3, -0.25) is 9.59 Å². The van der Waals surface area contributed by atoms with Gasteiger partial charge in [0.25, 0.3) is 5.91 Å². The van der Waals surface area contributed by atoms with Gasteiger partial charge in [-0.1, -0.05) is 30.0 Å². The second-order valence-corrected chi connectivity index (χ2v) is 6.81. The van der Waals surface area contributed by atoms with Crippen LogP contribution in [0.3, 0.4) is 0 Å². The van der Waals surface area contributed by atoms with Crippen LogP contribution >= 0.6 is 11.8 Å². The summed E-state index contributed by atoms with van der Waals surface area (Å²) in [4.78, 5) is 34.7. The molecule has 1 saturated heterocycles. The molecule has 2 aromatic rings. The minimum Gasteiger partial charge on any atom is -0.481 e. The molecule has 0 bridgehead atoms. The van der Waals surface area contributed by atoms with E-state index in [4.69, 9.17) is 0 Å². The number of benzene rings is 1. The second-order valence-electron chi connectivity index (χ2n) is 6.04. The fraction of sp³-hybridized carbons (Fsp3) is 0.333. The number of amides is 1. The Hall–Kier alpha value is -2.61. The summed E-state index contributed by atoms with van der Waals surface area (Å²) in [5.41, 5.74) is 1.03. The van der Waals surface area contributed by atoms with Crippen LogP contribution in [0.2, 0.25) is 0 Å². The third kappa shape index (κ3) is 4.13. The lowest BCUT2D eigenvalue weighted by atomic mass is 9.98. The molecule has 136 valence electrons. The molecule has 1 aromatic carbocycles. The second kappa shape index (κ2) is 8.18. The molecule has 1 aromatic heterocycles. The first kappa shape index (κ1) is 18.2. The summed E-state index contributed by atoms with van der Waals surface area (Å²) >= 11 is 1.38. The van der Waals surface area contributed by atoms with Crippen LogP contribution in [-0.2, 0) is 4.79 Å². The normalized spacial score (nSPS) is 17.0. The third-order valence-corrected chi connectivity index (χ3v) is 4.84. The largest absolute Gasteiger partial charge is 0.481 e. The van der Waals surface area contributed by atoms with E-state index >= 15 is 0 Å². The van der Waals surface area contributed by atoms with Crippen molar-refractivity contribution in [3.05, 3.63) is 42.1 Å². The maximum Gasteiger partial charge on any atom is 0.308 e. The molecule has 0 spiro atoms. The lowest BCUT2D eigenvalue weighted by Gasteiger charge is -2.32. The molecule has 3 rings (SSSR count). The van der Waals surface area contributed by atoms with E-state index in [2.05, 4.69) is 15.3 Å². The molecule has 1 aliphatic rings. The van der Waals surface area contributed by atoms with Crippen LogP contribution in [0.1, 0.15) is 23.2 Å². The van der Waals surface area contributed by atoms with E-state index in [0.717, 1.165) is 6.42 Å². The number of para-hydroxylation sites is 1. The summed E-state index contributed by atoms with van der Waals surface area (Å²) in [7, 11) is 0. The van der Waals surface area contributed by atoms with Gasteiger partial charge in [-0.25, -0.2) is 9.97 Å². The molecule has 1 atom stereocenters. The molecule has 0 saturated carbocycles. The van der Waals surface area contributed by atoms with Crippen LogP contribution in [-0.4, -0.2) is 46.3 Å². The Morgan fingerprint density at radius 1 is 1.31 bits per heavy atom. The molecular formula is C18H20N4O3S. The number of carboxylic acid groups (broad SMARTS) is 1. The van der Waals surface area contributed by atoms with Crippen LogP contribution in [0.25, 0.3) is 0 Å². The van der Waals surface area contributed by atoms with Crippen molar-refractivity contribution in [2.45, 2.75) is 18.0 Å². The molecule has 0 radical (unpaired) electrons. The summed E-state index contributed by atoms with van der Waals surface area (Å²) < 4.78 is 0. The maximum absolute atomic E-state index is 12.8. The topological polar surface area (TPSA) is 95.4 Å². The van der Waals surface area contributed by atoms with Gasteiger partial charge in [-0.15, -0.1) is 0 Å². The molecule has 0 unspecified atom stereocenters. The van der Waals surface area contributed by atoms with Gasteiger partial charge in [0, 0.05) is 25.0 Å². The number of aromatic nitrogens is 2. The first-order valence-electron chi connectivity index (χ1n) is 8.33. The summed E-state index contributed by atoms with van der Waals surface area (Å²) in [5.74, 6) is -1.09. The zero-order valence-electron chi connectivity index (χ0n) is 14.4. The smallest absolute Gasteiger partial charge is 0.308 e. The van der Waals surface area contributed by atoms with Crippen LogP contribution in [0.15, 0.2) is 41.7 Å². The number of piperidine rings is 1. The SMILES string of the molecule is CSc1ncc(C(=O)Nc2ccccc2)c(N2CCC[C@@H](C(=O)O)C2)n1. The number of anilines is 2. The Bertz CT molecular complexity index is 800. The van der Waals surface area contributed by atoms with Crippen LogP contribution in [0.5, 0.6) is 0 Å². The molecular weight excluding hydrogens is 352 g/mol. The standard InChI is InChI=1S/C18H20N4O3S/c1-26-18-19-10-14(16(23)20-13-7-3-2-4-8-13)15(21-18)22-9-5-6-12(11-22)17(24)25/h2-4,7-8,10,12H,5-6,9,11H2,1H3,(H,20,23)(H,24,25)/t12-/m1/s1. The molecule has 2 heterocycles. The first-order chi connectivity index (χ1) is 12.6. The molecule has 1 fully saturated rings. The van der Waals surface area contributed by atoms with E-state index < -0.39 is 11.9 Å². The lowest BCUT2D eigenvalue weighted by molar-refractivity contribution is -0.141. The minimum atomic E-state index is -0.816. The Kier molecular flexibility index (Phi) is 5.72. The Morgan fingerprint density at radius 3 is 2.77 bits per heavy atom. The molecule has 1 aliphatic heterocycles. The average Bonchev–Trinajstić information content (AvgIpc) is 2.68. The molecule has 26 heavy (non-hydrogen) atoms. The Labute approximate surface area is 155 Å². The molecule has 0 aliphatic carbocycles. The quantitative estimate of drug-likeness (QED) is 0.615. The van der Waals surface area contributed by atoms with E-state index in [9.17, 15) is 14.7 Å². The highest BCUT2D eigenvalue weighted by molar-refractivity contribution is 7.98. The Balaban J connectivity index is 1.90. The van der Waals surface area contributed by atoms with Crippen molar-refractivity contribution in [1.82, 2.24) is 9.97 Å². The predicted molar refractivity (Wildman–Crippen MR) is 101 cm³/mol. The summed E-state index contributed by atoms with van der Waals surface area (Å²) in [6.45, 7) is 1.01. The van der Waals surface area contributed by atoms with Gasteiger partial charge in [0.1, 0.15) is 11.4 Å². The van der Waals surface area contributed by atoms with Crippen molar-refractivity contribution in [2.24, 2.45) is 5.92 Å². The van der Waals surface area contributed by atoms with Gasteiger partial charge in [0.2, 0.25) is 0 Å². The number of carboxylic acids is 1.